The monoisotopic (exact) mass is 457 g/mol. The normalized spacial score (nSPS) is 20.6. The summed E-state index contributed by atoms with van der Waals surface area (Å²) in [5.41, 5.74) is 1.12. The van der Waals surface area contributed by atoms with Crippen LogP contribution < -0.4 is 0 Å². The first-order chi connectivity index (χ1) is 15.7. The molecule has 1 aliphatic rings. The summed E-state index contributed by atoms with van der Waals surface area (Å²) in [6, 6.07) is 5.33. The zero-order valence-corrected chi connectivity index (χ0v) is 18.2. The van der Waals surface area contributed by atoms with Gasteiger partial charge in [-0.25, -0.2) is 18.0 Å². The molecule has 0 bridgehead atoms. The number of carboxylic acids is 1. The van der Waals surface area contributed by atoms with E-state index in [1.54, 1.807) is 10.6 Å². The van der Waals surface area contributed by atoms with Crippen molar-refractivity contribution in [2.75, 3.05) is 7.11 Å². The van der Waals surface area contributed by atoms with Gasteiger partial charge in [-0.3, -0.25) is 5.10 Å². The van der Waals surface area contributed by atoms with Crippen molar-refractivity contribution in [3.05, 3.63) is 59.2 Å². The molecule has 0 atom stereocenters. The number of H-pyrrole nitrogens is 1. The third kappa shape index (κ3) is 2.98. The Morgan fingerprint density at radius 2 is 1.97 bits per heavy atom. The third-order valence-electron chi connectivity index (χ3n) is 6.73. The molecule has 0 unspecified atom stereocenters. The van der Waals surface area contributed by atoms with Crippen molar-refractivity contribution in [1.82, 2.24) is 14.8 Å². The van der Waals surface area contributed by atoms with Gasteiger partial charge in [-0.05, 0) is 48.4 Å². The van der Waals surface area contributed by atoms with Crippen LogP contribution in [0, 0.1) is 17.5 Å². The van der Waals surface area contributed by atoms with Crippen LogP contribution in [-0.4, -0.2) is 38.6 Å². The van der Waals surface area contributed by atoms with Crippen LogP contribution in [0.3, 0.4) is 0 Å². The standard InChI is InChI=1S/C24H22F3N3O3/c1-11(2)22-18(13-8-24(9-13,33-3)23(31)32)19-17(6-12-10-28-29-21(12)20(19)27)30(22)14-4-5-15(25)16(26)7-14/h4-7,10-11,13H,8-9H2,1-3H3,(H,28,29)(H,31,32). The predicted molar refractivity (Wildman–Crippen MR) is 116 cm³/mol. The van der Waals surface area contributed by atoms with Crippen molar-refractivity contribution in [3.63, 3.8) is 0 Å². The Morgan fingerprint density at radius 1 is 1.24 bits per heavy atom. The third-order valence-corrected chi connectivity index (χ3v) is 6.73. The summed E-state index contributed by atoms with van der Waals surface area (Å²) in [5, 5.41) is 17.1. The number of aromatic amines is 1. The maximum atomic E-state index is 15.9. The summed E-state index contributed by atoms with van der Waals surface area (Å²) in [5.74, 6) is -3.98. The van der Waals surface area contributed by atoms with Gasteiger partial charge >= 0.3 is 5.97 Å². The number of methoxy groups -OCH3 is 1. The minimum atomic E-state index is -1.33. The quantitative estimate of drug-likeness (QED) is 0.421. The lowest BCUT2D eigenvalue weighted by Gasteiger charge is -2.43. The van der Waals surface area contributed by atoms with Crippen molar-refractivity contribution >= 4 is 27.8 Å². The van der Waals surface area contributed by atoms with Crippen LogP contribution in [0.4, 0.5) is 13.2 Å². The maximum absolute atomic E-state index is 15.9. The zero-order chi connectivity index (χ0) is 23.7. The van der Waals surface area contributed by atoms with E-state index in [0.717, 1.165) is 17.8 Å². The molecule has 6 nitrogen and oxygen atoms in total. The SMILES string of the molecule is COC1(C(=O)O)CC(c2c(C(C)C)n(-c3ccc(F)c(F)c3)c3cc4cn[nH]c4c(F)c23)C1. The van der Waals surface area contributed by atoms with Crippen molar-refractivity contribution in [1.29, 1.82) is 0 Å². The van der Waals surface area contributed by atoms with Crippen molar-refractivity contribution in [3.8, 4) is 5.69 Å². The molecule has 2 aromatic heterocycles. The number of ether oxygens (including phenoxy) is 1. The summed E-state index contributed by atoms with van der Waals surface area (Å²) < 4.78 is 50.8. The lowest BCUT2D eigenvalue weighted by molar-refractivity contribution is -0.175. The number of hydrogen-bond acceptors (Lipinski definition) is 3. The summed E-state index contributed by atoms with van der Waals surface area (Å²) in [6.45, 7) is 3.86. The molecular weight excluding hydrogens is 435 g/mol. The summed E-state index contributed by atoms with van der Waals surface area (Å²) in [6.07, 6.45) is 1.85. The molecular formula is C24H22F3N3O3. The van der Waals surface area contributed by atoms with Crippen molar-refractivity contribution in [2.24, 2.45) is 0 Å². The number of nitrogens with zero attached hydrogens (tertiary/aromatic N) is 2. The molecule has 1 fully saturated rings. The molecule has 2 N–H and O–H groups in total. The van der Waals surface area contributed by atoms with Gasteiger partial charge < -0.3 is 14.4 Å². The van der Waals surface area contributed by atoms with E-state index in [-0.39, 0.29) is 30.2 Å². The fourth-order valence-corrected chi connectivity index (χ4v) is 5.10. The number of halogens is 3. The highest BCUT2D eigenvalue weighted by molar-refractivity contribution is 6.00. The molecule has 0 radical (unpaired) electrons. The first kappa shape index (κ1) is 21.5. The molecule has 33 heavy (non-hydrogen) atoms. The van der Waals surface area contributed by atoms with Crippen LogP contribution in [0.25, 0.3) is 27.5 Å². The first-order valence-corrected chi connectivity index (χ1v) is 10.6. The van der Waals surface area contributed by atoms with Gasteiger partial charge in [0.25, 0.3) is 0 Å². The van der Waals surface area contributed by atoms with Gasteiger partial charge in [0.2, 0.25) is 0 Å². The molecule has 5 rings (SSSR count). The number of rotatable bonds is 5. The Kier molecular flexibility index (Phi) is 4.79. The molecule has 172 valence electrons. The van der Waals surface area contributed by atoms with Gasteiger partial charge in [-0.15, -0.1) is 0 Å². The number of hydrogen-bond donors (Lipinski definition) is 2. The van der Waals surface area contributed by atoms with E-state index in [4.69, 9.17) is 4.74 Å². The first-order valence-electron chi connectivity index (χ1n) is 10.6. The Balaban J connectivity index is 1.85. The highest BCUT2D eigenvalue weighted by Crippen LogP contribution is 2.52. The van der Waals surface area contributed by atoms with Crippen molar-refractivity contribution < 1.29 is 27.8 Å². The summed E-state index contributed by atoms with van der Waals surface area (Å²) in [4.78, 5) is 11.8. The summed E-state index contributed by atoms with van der Waals surface area (Å²) >= 11 is 0. The molecule has 1 aliphatic carbocycles. The van der Waals surface area contributed by atoms with Gasteiger partial charge in [0.15, 0.2) is 23.1 Å². The number of aliphatic carboxylic acids is 1. The lowest BCUT2D eigenvalue weighted by Crippen LogP contribution is -2.51. The predicted octanol–water partition coefficient (Wildman–Crippen LogP) is 5.39. The Hall–Kier alpha value is -3.33. The van der Waals surface area contributed by atoms with E-state index in [2.05, 4.69) is 10.2 Å². The highest BCUT2D eigenvalue weighted by Gasteiger charge is 2.53. The largest absolute Gasteiger partial charge is 0.479 e. The van der Waals surface area contributed by atoms with E-state index >= 15 is 4.39 Å². The van der Waals surface area contributed by atoms with Crippen LogP contribution in [0.2, 0.25) is 0 Å². The number of fused-ring (bicyclic) bond motifs is 2. The Morgan fingerprint density at radius 3 is 2.58 bits per heavy atom. The van der Waals surface area contributed by atoms with E-state index < -0.39 is 29.0 Å². The number of nitrogens with one attached hydrogen (secondary N) is 1. The van der Waals surface area contributed by atoms with E-state index in [0.29, 0.717) is 27.5 Å². The molecule has 1 saturated carbocycles. The zero-order valence-electron chi connectivity index (χ0n) is 18.2. The maximum Gasteiger partial charge on any atom is 0.335 e. The lowest BCUT2D eigenvalue weighted by atomic mass is 9.66. The smallest absolute Gasteiger partial charge is 0.335 e. The van der Waals surface area contributed by atoms with Crippen LogP contribution in [0.1, 0.15) is 49.8 Å². The molecule has 0 saturated heterocycles. The molecule has 0 aliphatic heterocycles. The van der Waals surface area contributed by atoms with Crippen LogP contribution in [0.5, 0.6) is 0 Å². The van der Waals surface area contributed by atoms with Crippen molar-refractivity contribution in [2.45, 2.75) is 44.1 Å². The fourth-order valence-electron chi connectivity index (χ4n) is 5.10. The topological polar surface area (TPSA) is 80.1 Å². The van der Waals surface area contributed by atoms with Gasteiger partial charge in [0.1, 0.15) is 5.52 Å². The minimum absolute atomic E-state index is 0.126. The Labute approximate surface area is 187 Å². The van der Waals surface area contributed by atoms with Crippen LogP contribution in [0.15, 0.2) is 30.5 Å². The van der Waals surface area contributed by atoms with Gasteiger partial charge in [0.05, 0.1) is 11.7 Å². The van der Waals surface area contributed by atoms with E-state index in [9.17, 15) is 18.7 Å². The number of aromatic nitrogens is 3. The number of carbonyl (C=O) groups is 1. The van der Waals surface area contributed by atoms with Crippen LogP contribution in [-0.2, 0) is 9.53 Å². The molecule has 4 aromatic rings. The van der Waals surface area contributed by atoms with E-state index in [1.807, 2.05) is 13.8 Å². The second-order valence-electron chi connectivity index (χ2n) is 8.92. The molecule has 9 heteroatoms. The van der Waals surface area contributed by atoms with E-state index in [1.165, 1.54) is 19.4 Å². The van der Waals surface area contributed by atoms with Gasteiger partial charge in [-0.2, -0.15) is 5.10 Å². The van der Waals surface area contributed by atoms with Gasteiger partial charge in [0, 0.05) is 35.3 Å². The Bertz CT molecular complexity index is 1420. The average Bonchev–Trinajstić information content (AvgIpc) is 3.33. The molecule has 2 aromatic carbocycles. The molecule has 0 amide bonds. The number of carboxylic acid groups (broad SMARTS) is 1. The second kappa shape index (κ2) is 7.34. The highest BCUT2D eigenvalue weighted by atomic mass is 19.2. The average molecular weight is 457 g/mol. The van der Waals surface area contributed by atoms with Crippen LogP contribution >= 0.6 is 0 Å². The minimum Gasteiger partial charge on any atom is -0.479 e. The second-order valence-corrected chi connectivity index (χ2v) is 8.92. The fraction of sp³-hybridized carbons (Fsp3) is 0.333. The summed E-state index contributed by atoms with van der Waals surface area (Å²) in [7, 11) is 1.35. The van der Waals surface area contributed by atoms with Gasteiger partial charge in [-0.1, -0.05) is 13.8 Å². The molecule has 2 heterocycles. The number of benzene rings is 2. The molecule has 0 spiro atoms.